The molecule has 2 atom stereocenters. The SMILES string of the molecule is O=P(O)(O)OP1(=O)OCC(CCO)O1. The van der Waals surface area contributed by atoms with Crippen LogP contribution in [0.2, 0.25) is 0 Å². The highest BCUT2D eigenvalue weighted by atomic mass is 31.3. The number of phosphoric acid groups is 2. The van der Waals surface area contributed by atoms with Gasteiger partial charge in [0, 0.05) is 6.61 Å². The minimum Gasteiger partial charge on any atom is -0.396 e. The van der Waals surface area contributed by atoms with E-state index in [-0.39, 0.29) is 19.6 Å². The summed E-state index contributed by atoms with van der Waals surface area (Å²) >= 11 is 0. The molecule has 0 spiro atoms. The van der Waals surface area contributed by atoms with E-state index in [0.29, 0.717) is 0 Å². The average molecular weight is 248 g/mol. The van der Waals surface area contributed by atoms with Crippen molar-refractivity contribution in [3.05, 3.63) is 0 Å². The van der Waals surface area contributed by atoms with Crippen molar-refractivity contribution in [2.45, 2.75) is 12.5 Å². The van der Waals surface area contributed by atoms with Gasteiger partial charge in [0.2, 0.25) is 0 Å². The summed E-state index contributed by atoms with van der Waals surface area (Å²) in [5, 5.41) is 8.51. The topological polar surface area (TPSA) is 123 Å². The molecule has 84 valence electrons. The largest absolute Gasteiger partial charge is 0.484 e. The first-order valence-electron chi connectivity index (χ1n) is 3.65. The summed E-state index contributed by atoms with van der Waals surface area (Å²) in [6.45, 7) is -0.332. The molecule has 14 heavy (non-hydrogen) atoms. The standard InChI is InChI=1S/C4H10O8P2/c5-2-1-4-3-10-14(9,11-4)12-13(6,7)8/h4-5H,1-3H2,(H2,6,7,8). The third-order valence-corrected chi connectivity index (χ3v) is 4.03. The van der Waals surface area contributed by atoms with Crippen molar-refractivity contribution in [1.82, 2.24) is 0 Å². The molecule has 0 aromatic carbocycles. The average Bonchev–Trinajstić information content (AvgIpc) is 2.28. The summed E-state index contributed by atoms with van der Waals surface area (Å²) in [4.78, 5) is 16.7. The van der Waals surface area contributed by atoms with Crippen LogP contribution < -0.4 is 0 Å². The molecule has 0 radical (unpaired) electrons. The highest BCUT2D eigenvalue weighted by Gasteiger charge is 2.43. The van der Waals surface area contributed by atoms with Crippen LogP contribution in [0, 0.1) is 0 Å². The fraction of sp³-hybridized carbons (Fsp3) is 1.00. The molecular formula is C4H10O8P2. The molecule has 0 saturated carbocycles. The van der Waals surface area contributed by atoms with E-state index in [9.17, 15) is 9.13 Å². The van der Waals surface area contributed by atoms with Gasteiger partial charge in [0.05, 0.1) is 12.7 Å². The molecule has 1 aliphatic rings. The lowest BCUT2D eigenvalue weighted by Crippen LogP contribution is -2.10. The Morgan fingerprint density at radius 1 is 1.57 bits per heavy atom. The Balaban J connectivity index is 2.54. The molecular weight excluding hydrogens is 238 g/mol. The van der Waals surface area contributed by atoms with Gasteiger partial charge in [-0.1, -0.05) is 0 Å². The second kappa shape index (κ2) is 4.38. The van der Waals surface area contributed by atoms with E-state index in [1.807, 2.05) is 0 Å². The van der Waals surface area contributed by atoms with Crippen molar-refractivity contribution in [3.63, 3.8) is 0 Å². The number of phosphoric ester groups is 1. The molecule has 0 aromatic rings. The van der Waals surface area contributed by atoms with Gasteiger partial charge in [0.15, 0.2) is 0 Å². The first-order chi connectivity index (χ1) is 6.35. The molecule has 1 fully saturated rings. The Morgan fingerprint density at radius 3 is 2.71 bits per heavy atom. The normalized spacial score (nSPS) is 33.5. The second-order valence-electron chi connectivity index (χ2n) is 2.55. The molecule has 3 N–H and O–H groups in total. The summed E-state index contributed by atoms with van der Waals surface area (Å²) < 4.78 is 34.6. The summed E-state index contributed by atoms with van der Waals surface area (Å²) in [5.41, 5.74) is 0. The van der Waals surface area contributed by atoms with Crippen LogP contribution in [0.5, 0.6) is 0 Å². The maximum atomic E-state index is 11.3. The van der Waals surface area contributed by atoms with Gasteiger partial charge in [-0.15, -0.1) is 0 Å². The zero-order valence-electron chi connectivity index (χ0n) is 6.98. The Hall–Kier alpha value is 0.220. The Bertz CT molecular complexity index is 283. The smallest absolute Gasteiger partial charge is 0.396 e. The third kappa shape index (κ3) is 3.76. The molecule has 1 heterocycles. The lowest BCUT2D eigenvalue weighted by Gasteiger charge is -2.10. The number of aliphatic hydroxyl groups is 1. The summed E-state index contributed by atoms with van der Waals surface area (Å²) in [7, 11) is -9.05. The molecule has 0 amide bonds. The van der Waals surface area contributed by atoms with Crippen molar-refractivity contribution in [2.75, 3.05) is 13.2 Å². The quantitative estimate of drug-likeness (QED) is 0.594. The Kier molecular flexibility index (Phi) is 3.85. The van der Waals surface area contributed by atoms with Gasteiger partial charge < -0.3 is 14.9 Å². The predicted molar refractivity (Wildman–Crippen MR) is 43.3 cm³/mol. The van der Waals surface area contributed by atoms with Gasteiger partial charge in [0.1, 0.15) is 0 Å². The summed E-state index contributed by atoms with van der Waals surface area (Å²) in [6.07, 6.45) is -0.508. The number of rotatable bonds is 4. The maximum Gasteiger partial charge on any atom is 0.484 e. The van der Waals surface area contributed by atoms with Crippen LogP contribution in [0.25, 0.3) is 0 Å². The molecule has 1 saturated heterocycles. The van der Waals surface area contributed by atoms with Crippen molar-refractivity contribution in [3.8, 4) is 0 Å². The predicted octanol–water partition coefficient (Wildman–Crippen LogP) is 0.00160. The molecule has 0 aliphatic carbocycles. The molecule has 2 unspecified atom stereocenters. The lowest BCUT2D eigenvalue weighted by molar-refractivity contribution is 0.163. The first-order valence-corrected chi connectivity index (χ1v) is 6.64. The van der Waals surface area contributed by atoms with E-state index in [1.165, 1.54) is 0 Å². The van der Waals surface area contributed by atoms with Crippen LogP contribution in [-0.4, -0.2) is 34.2 Å². The third-order valence-electron chi connectivity index (χ3n) is 1.35. The van der Waals surface area contributed by atoms with Crippen molar-refractivity contribution >= 4 is 15.6 Å². The van der Waals surface area contributed by atoms with E-state index in [2.05, 4.69) is 13.4 Å². The van der Waals surface area contributed by atoms with Crippen LogP contribution in [0.3, 0.4) is 0 Å². The molecule has 1 rings (SSSR count). The highest BCUT2D eigenvalue weighted by Crippen LogP contribution is 2.64. The number of hydrogen-bond donors (Lipinski definition) is 3. The fourth-order valence-corrected chi connectivity index (χ4v) is 3.20. The molecule has 0 aromatic heterocycles. The monoisotopic (exact) mass is 248 g/mol. The van der Waals surface area contributed by atoms with Gasteiger partial charge in [0.25, 0.3) is 0 Å². The van der Waals surface area contributed by atoms with Crippen LogP contribution in [0.4, 0.5) is 0 Å². The van der Waals surface area contributed by atoms with Gasteiger partial charge in [-0.3, -0.25) is 9.05 Å². The van der Waals surface area contributed by atoms with Crippen LogP contribution in [0.15, 0.2) is 0 Å². The van der Waals surface area contributed by atoms with Crippen molar-refractivity contribution in [2.24, 2.45) is 0 Å². The van der Waals surface area contributed by atoms with E-state index in [4.69, 9.17) is 14.9 Å². The Labute approximate surface area is 79.7 Å². The minimum absolute atomic E-state index is 0.127. The van der Waals surface area contributed by atoms with Crippen molar-refractivity contribution < 1.29 is 37.4 Å². The van der Waals surface area contributed by atoms with E-state index >= 15 is 0 Å². The molecule has 8 nitrogen and oxygen atoms in total. The van der Waals surface area contributed by atoms with Crippen LogP contribution in [-0.2, 0) is 22.5 Å². The zero-order valence-corrected chi connectivity index (χ0v) is 8.76. The van der Waals surface area contributed by atoms with Gasteiger partial charge in [-0.05, 0) is 6.42 Å². The number of aliphatic hydroxyl groups excluding tert-OH is 1. The minimum atomic E-state index is -4.90. The maximum absolute atomic E-state index is 11.3. The van der Waals surface area contributed by atoms with Gasteiger partial charge >= 0.3 is 15.6 Å². The Morgan fingerprint density at radius 2 is 2.21 bits per heavy atom. The second-order valence-corrected chi connectivity index (χ2v) is 5.55. The molecule has 0 bridgehead atoms. The zero-order chi connectivity index (χ0) is 10.8. The molecule has 10 heteroatoms. The summed E-state index contributed by atoms with van der Waals surface area (Å²) in [5.74, 6) is 0. The highest BCUT2D eigenvalue weighted by molar-refractivity contribution is 7.61. The number of hydrogen-bond acceptors (Lipinski definition) is 6. The van der Waals surface area contributed by atoms with Gasteiger partial charge in [-0.2, -0.15) is 4.31 Å². The van der Waals surface area contributed by atoms with Crippen molar-refractivity contribution in [1.29, 1.82) is 0 Å². The summed E-state index contributed by atoms with van der Waals surface area (Å²) in [6, 6.07) is 0. The van der Waals surface area contributed by atoms with E-state index < -0.39 is 21.7 Å². The van der Waals surface area contributed by atoms with Gasteiger partial charge in [-0.25, -0.2) is 9.13 Å². The van der Waals surface area contributed by atoms with E-state index in [1.54, 1.807) is 0 Å². The van der Waals surface area contributed by atoms with Crippen LogP contribution >= 0.6 is 15.6 Å². The van der Waals surface area contributed by atoms with E-state index in [0.717, 1.165) is 0 Å². The first kappa shape index (κ1) is 12.3. The van der Waals surface area contributed by atoms with Crippen LogP contribution in [0.1, 0.15) is 6.42 Å². The lowest BCUT2D eigenvalue weighted by atomic mass is 10.3. The molecule has 1 aliphatic heterocycles. The fourth-order valence-electron chi connectivity index (χ4n) is 0.871.